The zero-order valence-corrected chi connectivity index (χ0v) is 14.0. The summed E-state index contributed by atoms with van der Waals surface area (Å²) in [5.41, 5.74) is 11.8. The lowest BCUT2D eigenvalue weighted by Crippen LogP contribution is -2.10. The standard InChI is InChI=1S/C20H23N2O/c1-14-5-12-19(21)20(18(14)11-6-15(2)23)17-9-7-16(8-10-17)13-22(3)4/h5-12H,1,13,21H2,2-4H3/b11-6-. The number of hydrogen-bond acceptors (Lipinski definition) is 3. The Morgan fingerprint density at radius 3 is 2.39 bits per heavy atom. The van der Waals surface area contributed by atoms with Crippen molar-refractivity contribution in [3.63, 3.8) is 0 Å². The molecular formula is C20H23N2O. The Morgan fingerprint density at radius 2 is 1.83 bits per heavy atom. The molecule has 23 heavy (non-hydrogen) atoms. The van der Waals surface area contributed by atoms with Gasteiger partial charge in [-0.1, -0.05) is 36.4 Å². The largest absolute Gasteiger partial charge is 0.398 e. The van der Waals surface area contributed by atoms with Crippen LogP contribution in [0.1, 0.15) is 23.6 Å². The first-order chi connectivity index (χ1) is 10.9. The minimum absolute atomic E-state index is 0.000828. The van der Waals surface area contributed by atoms with Gasteiger partial charge in [-0.3, -0.25) is 4.79 Å². The number of anilines is 1. The van der Waals surface area contributed by atoms with Crippen LogP contribution in [0, 0.1) is 6.92 Å². The predicted octanol–water partition coefficient (Wildman–Crippen LogP) is 3.78. The number of nitrogen functional groups attached to an aromatic ring is 1. The zero-order chi connectivity index (χ0) is 17.0. The molecule has 0 aliphatic heterocycles. The number of ketones is 1. The second kappa shape index (κ2) is 7.25. The number of carbonyl (C=O) groups excluding carboxylic acids is 1. The van der Waals surface area contributed by atoms with Gasteiger partial charge in [0.2, 0.25) is 0 Å². The van der Waals surface area contributed by atoms with E-state index in [1.807, 2.05) is 26.2 Å². The second-order valence-corrected chi connectivity index (χ2v) is 5.98. The van der Waals surface area contributed by atoms with Gasteiger partial charge in [-0.25, -0.2) is 0 Å². The third kappa shape index (κ3) is 4.30. The maximum atomic E-state index is 11.3. The van der Waals surface area contributed by atoms with Gasteiger partial charge in [-0.2, -0.15) is 0 Å². The molecule has 0 bridgehead atoms. The van der Waals surface area contributed by atoms with Crippen molar-refractivity contribution in [3.8, 4) is 11.1 Å². The van der Waals surface area contributed by atoms with Gasteiger partial charge in [0, 0.05) is 17.8 Å². The Morgan fingerprint density at radius 1 is 1.17 bits per heavy atom. The first-order valence-electron chi connectivity index (χ1n) is 7.55. The average molecular weight is 307 g/mol. The van der Waals surface area contributed by atoms with E-state index >= 15 is 0 Å². The molecule has 0 spiro atoms. The molecule has 0 unspecified atom stereocenters. The Labute approximate surface area is 138 Å². The topological polar surface area (TPSA) is 46.3 Å². The number of hydrogen-bond donors (Lipinski definition) is 1. The van der Waals surface area contributed by atoms with E-state index in [1.165, 1.54) is 12.5 Å². The van der Waals surface area contributed by atoms with E-state index in [2.05, 4.69) is 36.1 Å². The number of allylic oxidation sites excluding steroid dienone is 1. The highest BCUT2D eigenvalue weighted by molar-refractivity contribution is 5.95. The maximum absolute atomic E-state index is 11.3. The fourth-order valence-corrected chi connectivity index (χ4v) is 2.53. The molecular weight excluding hydrogens is 284 g/mol. The lowest BCUT2D eigenvalue weighted by molar-refractivity contribution is -0.112. The van der Waals surface area contributed by atoms with Gasteiger partial charge in [0.05, 0.1) is 0 Å². The number of rotatable bonds is 5. The fourth-order valence-electron chi connectivity index (χ4n) is 2.53. The quantitative estimate of drug-likeness (QED) is 0.675. The summed E-state index contributed by atoms with van der Waals surface area (Å²) in [4.78, 5) is 13.4. The van der Waals surface area contributed by atoms with E-state index < -0.39 is 0 Å². The van der Waals surface area contributed by atoms with Crippen LogP contribution in [0.15, 0.2) is 42.5 Å². The first-order valence-corrected chi connectivity index (χ1v) is 7.55. The molecule has 3 nitrogen and oxygen atoms in total. The van der Waals surface area contributed by atoms with E-state index in [9.17, 15) is 4.79 Å². The summed E-state index contributed by atoms with van der Waals surface area (Å²) in [6.07, 6.45) is 3.34. The van der Waals surface area contributed by atoms with Gasteiger partial charge in [0.25, 0.3) is 0 Å². The highest BCUT2D eigenvalue weighted by Gasteiger charge is 2.10. The van der Waals surface area contributed by atoms with Crippen LogP contribution in [0.2, 0.25) is 0 Å². The van der Waals surface area contributed by atoms with Crippen LogP contribution >= 0.6 is 0 Å². The molecule has 2 aromatic carbocycles. The van der Waals surface area contributed by atoms with E-state index in [1.54, 1.807) is 12.2 Å². The third-order valence-electron chi connectivity index (χ3n) is 3.59. The van der Waals surface area contributed by atoms with Gasteiger partial charge >= 0.3 is 0 Å². The van der Waals surface area contributed by atoms with Crippen molar-refractivity contribution in [2.45, 2.75) is 13.5 Å². The molecule has 0 saturated carbocycles. The van der Waals surface area contributed by atoms with E-state index in [0.29, 0.717) is 5.69 Å². The van der Waals surface area contributed by atoms with Crippen LogP contribution in [0.5, 0.6) is 0 Å². The number of benzene rings is 2. The van der Waals surface area contributed by atoms with Crippen molar-refractivity contribution in [2.24, 2.45) is 0 Å². The molecule has 0 heterocycles. The van der Waals surface area contributed by atoms with Crippen LogP contribution < -0.4 is 5.73 Å². The summed E-state index contributed by atoms with van der Waals surface area (Å²) < 4.78 is 0. The normalized spacial score (nSPS) is 11.3. The fraction of sp³-hybridized carbons (Fsp3) is 0.200. The van der Waals surface area contributed by atoms with Crippen molar-refractivity contribution in [1.29, 1.82) is 0 Å². The molecule has 0 saturated heterocycles. The van der Waals surface area contributed by atoms with Crippen molar-refractivity contribution in [3.05, 3.63) is 66.1 Å². The molecule has 0 atom stereocenters. The molecule has 0 amide bonds. The lowest BCUT2D eigenvalue weighted by atomic mass is 9.93. The molecule has 0 aliphatic rings. The van der Waals surface area contributed by atoms with E-state index in [-0.39, 0.29) is 5.78 Å². The Hall–Kier alpha value is -2.39. The van der Waals surface area contributed by atoms with Gasteiger partial charge < -0.3 is 10.6 Å². The van der Waals surface area contributed by atoms with Gasteiger partial charge in [0.1, 0.15) is 0 Å². The molecule has 0 aliphatic carbocycles. The number of carbonyl (C=O) groups is 1. The highest BCUT2D eigenvalue weighted by atomic mass is 16.1. The predicted molar refractivity (Wildman–Crippen MR) is 97.9 cm³/mol. The zero-order valence-electron chi connectivity index (χ0n) is 14.0. The molecule has 1 radical (unpaired) electrons. The van der Waals surface area contributed by atoms with E-state index in [0.717, 1.165) is 28.8 Å². The summed E-state index contributed by atoms with van der Waals surface area (Å²) in [7, 11) is 4.09. The summed E-state index contributed by atoms with van der Waals surface area (Å²) in [6, 6.07) is 12.1. The molecule has 119 valence electrons. The van der Waals surface area contributed by atoms with Crippen LogP contribution in [0.3, 0.4) is 0 Å². The van der Waals surface area contributed by atoms with Crippen molar-refractivity contribution in [1.82, 2.24) is 4.90 Å². The van der Waals surface area contributed by atoms with Crippen molar-refractivity contribution in [2.75, 3.05) is 19.8 Å². The average Bonchev–Trinajstić information content (AvgIpc) is 2.48. The molecule has 2 aromatic rings. The number of nitrogens with zero attached hydrogens (tertiary/aromatic N) is 1. The minimum atomic E-state index is -0.000828. The summed E-state index contributed by atoms with van der Waals surface area (Å²) in [6.45, 7) is 6.48. The van der Waals surface area contributed by atoms with Gasteiger partial charge in [-0.05, 0) is 62.3 Å². The SMILES string of the molecule is [CH2]c1ccc(N)c(-c2ccc(CN(C)C)cc2)c1/C=C\C(C)=O. The van der Waals surface area contributed by atoms with Crippen LogP contribution in [-0.2, 0) is 11.3 Å². The van der Waals surface area contributed by atoms with Crippen molar-refractivity contribution < 1.29 is 4.79 Å². The molecule has 0 fully saturated rings. The van der Waals surface area contributed by atoms with Gasteiger partial charge in [-0.15, -0.1) is 0 Å². The lowest BCUT2D eigenvalue weighted by Gasteiger charge is -2.14. The minimum Gasteiger partial charge on any atom is -0.398 e. The maximum Gasteiger partial charge on any atom is 0.152 e. The molecule has 0 aromatic heterocycles. The Balaban J connectivity index is 2.49. The van der Waals surface area contributed by atoms with E-state index in [4.69, 9.17) is 5.73 Å². The first kappa shape index (κ1) is 17.0. The second-order valence-electron chi connectivity index (χ2n) is 5.98. The highest BCUT2D eigenvalue weighted by Crippen LogP contribution is 2.33. The third-order valence-corrected chi connectivity index (χ3v) is 3.59. The van der Waals surface area contributed by atoms with Gasteiger partial charge in [0.15, 0.2) is 5.78 Å². The van der Waals surface area contributed by atoms with Crippen molar-refractivity contribution >= 4 is 17.5 Å². The molecule has 2 rings (SSSR count). The molecule has 2 N–H and O–H groups in total. The smallest absolute Gasteiger partial charge is 0.152 e. The summed E-state index contributed by atoms with van der Waals surface area (Å²) in [5.74, 6) is -0.000828. The van der Waals surface area contributed by atoms with Crippen LogP contribution in [0.25, 0.3) is 17.2 Å². The monoisotopic (exact) mass is 307 g/mol. The van der Waals surface area contributed by atoms with Crippen LogP contribution in [0.4, 0.5) is 5.69 Å². The summed E-state index contributed by atoms with van der Waals surface area (Å²) >= 11 is 0. The van der Waals surface area contributed by atoms with Crippen LogP contribution in [-0.4, -0.2) is 24.8 Å². The number of nitrogens with two attached hydrogens (primary N) is 1. The Bertz CT molecular complexity index is 728. The Kier molecular flexibility index (Phi) is 5.35. The summed E-state index contributed by atoms with van der Waals surface area (Å²) in [5, 5.41) is 0. The molecule has 3 heteroatoms.